The van der Waals surface area contributed by atoms with Crippen LogP contribution < -0.4 is 0 Å². The summed E-state index contributed by atoms with van der Waals surface area (Å²) >= 11 is 0. The molecule has 0 saturated carbocycles. The Morgan fingerprint density at radius 2 is 1.69 bits per heavy atom. The van der Waals surface area contributed by atoms with Crippen LogP contribution in [0, 0.1) is 5.92 Å². The van der Waals surface area contributed by atoms with E-state index in [1.165, 1.54) is 13.8 Å². The van der Waals surface area contributed by atoms with Crippen LogP contribution in [0.5, 0.6) is 0 Å². The lowest BCUT2D eigenvalue weighted by Crippen LogP contribution is -2.52. The lowest BCUT2D eigenvalue weighted by atomic mass is 9.97. The molecular weight excluding hydrogens is 216 g/mol. The molecule has 0 radical (unpaired) electrons. The topological polar surface area (TPSA) is 82.1 Å². The monoisotopic (exact) mass is 232 g/mol. The lowest BCUT2D eigenvalue weighted by molar-refractivity contribution is -0.251. The molecule has 16 heavy (non-hydrogen) atoms. The third-order valence-corrected chi connectivity index (χ3v) is 2.30. The molecule has 0 bridgehead atoms. The second-order valence-electron chi connectivity index (χ2n) is 3.85. The first-order chi connectivity index (χ1) is 7.41. The molecule has 6 heteroatoms. The number of aliphatic hydroxyl groups excluding tert-OH is 1. The van der Waals surface area contributed by atoms with Crippen molar-refractivity contribution in [1.82, 2.24) is 0 Å². The molecule has 0 aromatic rings. The number of hydrogen-bond donors (Lipinski definition) is 1. The smallest absolute Gasteiger partial charge is 0.303 e. The average Bonchev–Trinajstić information content (AvgIpc) is 2.16. The molecule has 1 heterocycles. The van der Waals surface area contributed by atoms with E-state index in [4.69, 9.17) is 14.2 Å². The van der Waals surface area contributed by atoms with Gasteiger partial charge in [0.05, 0.1) is 6.61 Å². The van der Waals surface area contributed by atoms with Crippen molar-refractivity contribution in [2.24, 2.45) is 5.92 Å². The third-order valence-electron chi connectivity index (χ3n) is 2.30. The van der Waals surface area contributed by atoms with Gasteiger partial charge in [0.2, 0.25) is 0 Å². The Hall–Kier alpha value is -1.14. The Balaban J connectivity index is 2.76. The maximum atomic E-state index is 10.9. The van der Waals surface area contributed by atoms with Crippen molar-refractivity contribution in [3.8, 4) is 0 Å². The van der Waals surface area contributed by atoms with Crippen LogP contribution in [0.3, 0.4) is 0 Å². The van der Waals surface area contributed by atoms with Crippen LogP contribution in [0.15, 0.2) is 0 Å². The second-order valence-corrected chi connectivity index (χ2v) is 3.85. The van der Waals surface area contributed by atoms with E-state index in [0.29, 0.717) is 0 Å². The SMILES string of the molecule is CC(=O)O[C@H]1[C@H](C)COC(O)[C@@H]1OC(C)=O. The summed E-state index contributed by atoms with van der Waals surface area (Å²) in [6.07, 6.45) is -2.90. The van der Waals surface area contributed by atoms with E-state index < -0.39 is 30.4 Å². The highest BCUT2D eigenvalue weighted by Crippen LogP contribution is 2.24. The summed E-state index contributed by atoms with van der Waals surface area (Å²) in [5.74, 6) is -1.18. The Kier molecular flexibility index (Phi) is 4.26. The molecule has 0 aromatic carbocycles. The van der Waals surface area contributed by atoms with Crippen molar-refractivity contribution >= 4 is 11.9 Å². The Labute approximate surface area is 93.5 Å². The quantitative estimate of drug-likeness (QED) is 0.666. The average molecular weight is 232 g/mol. The minimum Gasteiger partial charge on any atom is -0.458 e. The first kappa shape index (κ1) is 12.9. The van der Waals surface area contributed by atoms with Gasteiger partial charge in [-0.1, -0.05) is 6.92 Å². The molecule has 1 aliphatic rings. The number of carbonyl (C=O) groups excluding carboxylic acids is 2. The molecule has 0 spiro atoms. The van der Waals surface area contributed by atoms with Crippen LogP contribution in [0.25, 0.3) is 0 Å². The minimum absolute atomic E-state index is 0.142. The van der Waals surface area contributed by atoms with E-state index >= 15 is 0 Å². The molecule has 0 amide bonds. The van der Waals surface area contributed by atoms with Gasteiger partial charge < -0.3 is 19.3 Å². The molecule has 1 rings (SSSR count). The van der Waals surface area contributed by atoms with Gasteiger partial charge in [-0.15, -0.1) is 0 Å². The van der Waals surface area contributed by atoms with Crippen LogP contribution in [0.2, 0.25) is 0 Å². The fourth-order valence-electron chi connectivity index (χ4n) is 1.62. The highest BCUT2D eigenvalue weighted by atomic mass is 16.7. The molecule has 1 unspecified atom stereocenters. The fourth-order valence-corrected chi connectivity index (χ4v) is 1.62. The molecule has 0 aliphatic carbocycles. The van der Waals surface area contributed by atoms with Crippen LogP contribution in [-0.2, 0) is 23.8 Å². The molecule has 0 aromatic heterocycles. The lowest BCUT2D eigenvalue weighted by Gasteiger charge is -2.37. The Morgan fingerprint density at radius 3 is 2.19 bits per heavy atom. The maximum absolute atomic E-state index is 10.9. The Morgan fingerprint density at radius 1 is 1.19 bits per heavy atom. The van der Waals surface area contributed by atoms with E-state index in [2.05, 4.69) is 0 Å². The van der Waals surface area contributed by atoms with E-state index in [0.717, 1.165) is 0 Å². The van der Waals surface area contributed by atoms with Gasteiger partial charge in [-0.3, -0.25) is 9.59 Å². The van der Waals surface area contributed by atoms with Crippen molar-refractivity contribution in [2.45, 2.75) is 39.3 Å². The Bertz CT molecular complexity index is 248. The number of rotatable bonds is 2. The second kappa shape index (κ2) is 5.27. The van der Waals surface area contributed by atoms with Crippen LogP contribution >= 0.6 is 0 Å². The van der Waals surface area contributed by atoms with Gasteiger partial charge in [0, 0.05) is 19.8 Å². The molecule has 4 atom stereocenters. The minimum atomic E-state index is -1.26. The molecule has 1 aliphatic heterocycles. The molecule has 1 N–H and O–H groups in total. The highest BCUT2D eigenvalue weighted by molar-refractivity contribution is 5.67. The fraction of sp³-hybridized carbons (Fsp3) is 0.800. The van der Waals surface area contributed by atoms with Gasteiger partial charge >= 0.3 is 11.9 Å². The van der Waals surface area contributed by atoms with Crippen molar-refractivity contribution in [1.29, 1.82) is 0 Å². The van der Waals surface area contributed by atoms with Crippen LogP contribution in [0.4, 0.5) is 0 Å². The van der Waals surface area contributed by atoms with Gasteiger partial charge in [0.15, 0.2) is 12.4 Å². The van der Waals surface area contributed by atoms with E-state index in [9.17, 15) is 14.7 Å². The standard InChI is InChI=1S/C10H16O6/c1-5-4-14-10(13)9(16-7(3)12)8(5)15-6(2)11/h5,8-10,13H,4H2,1-3H3/t5-,8+,9-,10?/m1/s1. The first-order valence-corrected chi connectivity index (χ1v) is 5.06. The van der Waals surface area contributed by atoms with Gasteiger partial charge in [0.1, 0.15) is 6.10 Å². The normalized spacial score (nSPS) is 34.2. The summed E-state index contributed by atoms with van der Waals surface area (Å²) in [6.45, 7) is 4.52. The molecular formula is C10H16O6. The first-order valence-electron chi connectivity index (χ1n) is 5.06. The van der Waals surface area contributed by atoms with Gasteiger partial charge in [-0.05, 0) is 0 Å². The molecule has 6 nitrogen and oxygen atoms in total. The molecule has 1 fully saturated rings. The summed E-state index contributed by atoms with van der Waals surface area (Å²) < 4.78 is 14.9. The summed E-state index contributed by atoms with van der Waals surface area (Å²) in [6, 6.07) is 0. The summed E-state index contributed by atoms with van der Waals surface area (Å²) in [4.78, 5) is 21.8. The van der Waals surface area contributed by atoms with Gasteiger partial charge in [0.25, 0.3) is 0 Å². The maximum Gasteiger partial charge on any atom is 0.303 e. The van der Waals surface area contributed by atoms with Crippen molar-refractivity contribution in [3.63, 3.8) is 0 Å². The number of aliphatic hydroxyl groups is 1. The molecule has 92 valence electrons. The van der Waals surface area contributed by atoms with E-state index in [1.54, 1.807) is 6.92 Å². The number of hydrogen-bond acceptors (Lipinski definition) is 6. The highest BCUT2D eigenvalue weighted by Gasteiger charge is 2.42. The van der Waals surface area contributed by atoms with Gasteiger partial charge in [-0.2, -0.15) is 0 Å². The summed E-state index contributed by atoms with van der Waals surface area (Å²) in [5, 5.41) is 9.53. The van der Waals surface area contributed by atoms with E-state index in [1.807, 2.05) is 0 Å². The van der Waals surface area contributed by atoms with Gasteiger partial charge in [-0.25, -0.2) is 0 Å². The van der Waals surface area contributed by atoms with Crippen molar-refractivity contribution in [3.05, 3.63) is 0 Å². The zero-order valence-electron chi connectivity index (χ0n) is 9.50. The summed E-state index contributed by atoms with van der Waals surface area (Å²) in [5.41, 5.74) is 0. The zero-order chi connectivity index (χ0) is 12.3. The number of carbonyl (C=O) groups is 2. The van der Waals surface area contributed by atoms with E-state index in [-0.39, 0.29) is 12.5 Å². The van der Waals surface area contributed by atoms with Crippen molar-refractivity contribution in [2.75, 3.05) is 6.61 Å². The van der Waals surface area contributed by atoms with Crippen molar-refractivity contribution < 1.29 is 28.9 Å². The summed E-state index contributed by atoms with van der Waals surface area (Å²) in [7, 11) is 0. The van der Waals surface area contributed by atoms with Crippen LogP contribution in [-0.4, -0.2) is 42.1 Å². The van der Waals surface area contributed by atoms with Crippen LogP contribution in [0.1, 0.15) is 20.8 Å². The predicted molar refractivity (Wildman–Crippen MR) is 52.2 cm³/mol. The predicted octanol–water partition coefficient (Wildman–Crippen LogP) is -0.166. The zero-order valence-corrected chi connectivity index (χ0v) is 9.50. The number of esters is 2. The molecule has 1 saturated heterocycles. The number of ether oxygens (including phenoxy) is 3. The largest absolute Gasteiger partial charge is 0.458 e. The third kappa shape index (κ3) is 3.18.